The lowest BCUT2D eigenvalue weighted by molar-refractivity contribution is 0.478. The van der Waals surface area contributed by atoms with Crippen molar-refractivity contribution in [2.75, 3.05) is 0 Å². The molecule has 0 fully saturated rings. The van der Waals surface area contributed by atoms with Crippen molar-refractivity contribution in [2.24, 2.45) is 5.92 Å². The number of hydrogen-bond donors (Lipinski definition) is 0. The van der Waals surface area contributed by atoms with Gasteiger partial charge in [0.25, 0.3) is 0 Å². The van der Waals surface area contributed by atoms with Gasteiger partial charge in [-0.1, -0.05) is 26.0 Å². The van der Waals surface area contributed by atoms with Crippen molar-refractivity contribution in [3.63, 3.8) is 0 Å². The smallest absolute Gasteiger partial charge is 0.157 e. The third-order valence-corrected chi connectivity index (χ3v) is 4.58. The Morgan fingerprint density at radius 3 is 2.80 bits per heavy atom. The van der Waals surface area contributed by atoms with Crippen LogP contribution in [0.4, 0.5) is 0 Å². The molecule has 0 amide bonds. The second kappa shape index (κ2) is 5.89. The van der Waals surface area contributed by atoms with Crippen LogP contribution in [0.15, 0.2) is 36.5 Å². The number of ether oxygens (including phenoxy) is 1. The van der Waals surface area contributed by atoms with Crippen LogP contribution in [-0.2, 0) is 12.8 Å². The summed E-state index contributed by atoms with van der Waals surface area (Å²) in [5.74, 6) is 2.19. The number of hydrogen-bond acceptors (Lipinski definition) is 3. The summed E-state index contributed by atoms with van der Waals surface area (Å²) >= 11 is 0. The minimum atomic E-state index is 0.320. The Morgan fingerprint density at radius 1 is 1.20 bits per heavy atom. The largest absolute Gasteiger partial charge is 0.454 e. The highest BCUT2D eigenvalue weighted by molar-refractivity contribution is 6.04. The Hall–Kier alpha value is -2.86. The predicted octanol–water partition coefficient (Wildman–Crippen LogP) is 5.58. The minimum Gasteiger partial charge on any atom is -0.454 e. The van der Waals surface area contributed by atoms with Gasteiger partial charge in [0.1, 0.15) is 11.4 Å². The highest BCUT2D eigenvalue weighted by Crippen LogP contribution is 2.47. The van der Waals surface area contributed by atoms with E-state index in [1.807, 2.05) is 6.07 Å². The summed E-state index contributed by atoms with van der Waals surface area (Å²) in [5.41, 5.74) is 5.31. The van der Waals surface area contributed by atoms with Gasteiger partial charge in [0.15, 0.2) is 5.75 Å². The Labute approximate surface area is 147 Å². The van der Waals surface area contributed by atoms with Crippen molar-refractivity contribution < 1.29 is 4.74 Å². The summed E-state index contributed by atoms with van der Waals surface area (Å²) in [7, 11) is 0. The first-order chi connectivity index (χ1) is 12.1. The first kappa shape index (κ1) is 15.7. The van der Waals surface area contributed by atoms with Crippen LogP contribution >= 0.6 is 0 Å². The zero-order chi connectivity index (χ0) is 17.6. The number of aromatic nitrogens is 1. The van der Waals surface area contributed by atoms with Crippen LogP contribution in [-0.4, -0.2) is 4.98 Å². The lowest BCUT2D eigenvalue weighted by Gasteiger charge is -2.23. The van der Waals surface area contributed by atoms with E-state index in [2.05, 4.69) is 56.1 Å². The van der Waals surface area contributed by atoms with Gasteiger partial charge in [0, 0.05) is 22.7 Å². The maximum Gasteiger partial charge on any atom is 0.157 e. The summed E-state index contributed by atoms with van der Waals surface area (Å²) in [4.78, 5) is 4.56. The summed E-state index contributed by atoms with van der Waals surface area (Å²) in [6, 6.07) is 12.9. The maximum absolute atomic E-state index is 9.13. The fourth-order valence-electron chi connectivity index (χ4n) is 3.67. The molecule has 0 aliphatic carbocycles. The summed E-state index contributed by atoms with van der Waals surface area (Å²) < 4.78 is 6.28. The molecular weight excluding hydrogens is 308 g/mol. The van der Waals surface area contributed by atoms with Gasteiger partial charge in [0.2, 0.25) is 0 Å². The Balaban J connectivity index is 2.01. The number of aryl methyl sites for hydroxylation is 1. The van der Waals surface area contributed by atoms with Crippen LogP contribution in [0.3, 0.4) is 0 Å². The van der Waals surface area contributed by atoms with Gasteiger partial charge in [-0.3, -0.25) is 4.98 Å². The molecule has 3 aromatic rings. The molecule has 2 aromatic carbocycles. The van der Waals surface area contributed by atoms with Gasteiger partial charge in [-0.15, -0.1) is 0 Å². The highest BCUT2D eigenvalue weighted by atomic mass is 16.5. The molecule has 25 heavy (non-hydrogen) atoms. The number of benzene rings is 2. The van der Waals surface area contributed by atoms with E-state index in [0.717, 1.165) is 40.1 Å². The molecule has 0 atom stereocenters. The Kier molecular flexibility index (Phi) is 3.69. The molecule has 3 nitrogen and oxygen atoms in total. The Morgan fingerprint density at radius 2 is 2.04 bits per heavy atom. The van der Waals surface area contributed by atoms with Crippen molar-refractivity contribution in [3.8, 4) is 28.8 Å². The van der Waals surface area contributed by atoms with E-state index in [1.165, 1.54) is 16.5 Å². The number of nitriles is 1. The van der Waals surface area contributed by atoms with E-state index in [1.54, 1.807) is 6.20 Å². The number of pyridine rings is 1. The highest BCUT2D eigenvalue weighted by Gasteiger charge is 2.24. The molecule has 4 rings (SSSR count). The molecule has 0 bridgehead atoms. The van der Waals surface area contributed by atoms with Crippen molar-refractivity contribution in [1.29, 1.82) is 5.26 Å². The second-order valence-corrected chi connectivity index (χ2v) is 7.19. The van der Waals surface area contributed by atoms with Crippen LogP contribution < -0.4 is 4.74 Å². The van der Waals surface area contributed by atoms with Crippen molar-refractivity contribution in [1.82, 2.24) is 4.98 Å². The third kappa shape index (κ3) is 2.64. The standard InChI is InChI=1S/C22H20N2O/c1-13(2)8-15-11-17-9-14(3)10-18-20(17)19(12-15)25-22-16(4-6-23)5-7-24-21(18)22/h5,7,9-13H,4,8H2,1-3H3. The van der Waals surface area contributed by atoms with E-state index >= 15 is 0 Å². The van der Waals surface area contributed by atoms with E-state index in [4.69, 9.17) is 10.00 Å². The van der Waals surface area contributed by atoms with E-state index in [-0.39, 0.29) is 0 Å². The monoisotopic (exact) mass is 328 g/mol. The SMILES string of the molecule is Cc1cc2c3c(cc(CC(C)C)cc3c1)Oc1c(CC#N)ccnc1-2. The molecule has 0 spiro atoms. The average Bonchev–Trinajstić information content (AvgIpc) is 2.54. The van der Waals surface area contributed by atoms with Crippen LogP contribution in [0.1, 0.15) is 30.5 Å². The Bertz CT molecular complexity index is 1030. The average molecular weight is 328 g/mol. The third-order valence-electron chi connectivity index (χ3n) is 4.58. The predicted molar refractivity (Wildman–Crippen MR) is 99.8 cm³/mol. The normalized spacial score (nSPS) is 12.0. The fraction of sp³-hybridized carbons (Fsp3) is 0.273. The van der Waals surface area contributed by atoms with Gasteiger partial charge in [-0.2, -0.15) is 5.26 Å². The van der Waals surface area contributed by atoms with Crippen molar-refractivity contribution in [2.45, 2.75) is 33.6 Å². The second-order valence-electron chi connectivity index (χ2n) is 7.19. The van der Waals surface area contributed by atoms with Crippen LogP contribution in [0.25, 0.3) is 22.0 Å². The first-order valence-corrected chi connectivity index (χ1v) is 8.67. The van der Waals surface area contributed by atoms with Gasteiger partial charge in [-0.25, -0.2) is 0 Å². The molecular formula is C22H20N2O. The van der Waals surface area contributed by atoms with E-state index in [9.17, 15) is 0 Å². The number of fused-ring (bicyclic) bond motifs is 2. The molecule has 0 saturated heterocycles. The van der Waals surface area contributed by atoms with E-state index < -0.39 is 0 Å². The summed E-state index contributed by atoms with van der Waals surface area (Å²) in [6.45, 7) is 6.56. The molecule has 1 aromatic heterocycles. The maximum atomic E-state index is 9.13. The molecule has 0 saturated carbocycles. The minimum absolute atomic E-state index is 0.320. The van der Waals surface area contributed by atoms with Crippen molar-refractivity contribution >= 4 is 10.8 Å². The quantitative estimate of drug-likeness (QED) is 0.493. The van der Waals surface area contributed by atoms with Gasteiger partial charge in [-0.05, 0) is 54.0 Å². The zero-order valence-corrected chi connectivity index (χ0v) is 14.8. The zero-order valence-electron chi connectivity index (χ0n) is 14.8. The molecule has 3 heteroatoms. The molecule has 0 radical (unpaired) electrons. The van der Waals surface area contributed by atoms with Crippen LogP contribution in [0, 0.1) is 24.2 Å². The summed E-state index contributed by atoms with van der Waals surface area (Å²) in [6.07, 6.45) is 3.10. The fourth-order valence-corrected chi connectivity index (χ4v) is 3.67. The topological polar surface area (TPSA) is 45.9 Å². The van der Waals surface area contributed by atoms with Gasteiger partial charge >= 0.3 is 0 Å². The van der Waals surface area contributed by atoms with Crippen molar-refractivity contribution in [3.05, 3.63) is 53.2 Å². The molecule has 1 aliphatic heterocycles. The lowest BCUT2D eigenvalue weighted by Crippen LogP contribution is -2.04. The lowest BCUT2D eigenvalue weighted by atomic mass is 9.91. The molecule has 1 aliphatic rings. The van der Waals surface area contributed by atoms with Gasteiger partial charge in [0.05, 0.1) is 12.5 Å². The van der Waals surface area contributed by atoms with Crippen LogP contribution in [0.5, 0.6) is 11.5 Å². The molecule has 0 N–H and O–H groups in total. The molecule has 0 unspecified atom stereocenters. The summed E-state index contributed by atoms with van der Waals surface area (Å²) in [5, 5.41) is 11.4. The molecule has 2 heterocycles. The molecule has 124 valence electrons. The van der Waals surface area contributed by atoms with Gasteiger partial charge < -0.3 is 4.74 Å². The number of nitrogens with zero attached hydrogens (tertiary/aromatic N) is 2. The number of rotatable bonds is 3. The van der Waals surface area contributed by atoms with E-state index in [0.29, 0.717) is 12.3 Å². The first-order valence-electron chi connectivity index (χ1n) is 8.67. The van der Waals surface area contributed by atoms with Crippen LogP contribution in [0.2, 0.25) is 0 Å².